The molecule has 0 fully saturated rings. The van der Waals surface area contributed by atoms with Crippen LogP contribution in [-0.2, 0) is 14.4 Å². The molecule has 0 saturated heterocycles. The maximum Gasteiger partial charge on any atom is 0.306 e. The molecule has 0 spiro atoms. The van der Waals surface area contributed by atoms with Crippen LogP contribution >= 0.6 is 0 Å². The lowest BCUT2D eigenvalue weighted by Crippen LogP contribution is -2.21. The summed E-state index contributed by atoms with van der Waals surface area (Å²) in [4.78, 5) is 25.1. The maximum absolute atomic E-state index is 11.2. The fraction of sp³-hybridized carbons (Fsp3) is 0.700. The van der Waals surface area contributed by atoms with Gasteiger partial charge in [-0.2, -0.15) is 0 Å². The second kappa shape index (κ2) is 8.70. The number of ether oxygens (including phenoxy) is 1. The largest absolute Gasteiger partial charge is 0.461 e. The van der Waals surface area contributed by atoms with Crippen molar-refractivity contribution in [3.05, 3.63) is 22.3 Å². The van der Waals surface area contributed by atoms with E-state index in [-0.39, 0.29) is 12.6 Å². The standard InChI is InChI=1S/C10H17NO5/c1-3-4-5-6-7-10(12)16-9(2)8-15-11(13)14/h3-4,9H,5-8H2,1-2H3/b4-3-. The van der Waals surface area contributed by atoms with E-state index in [0.29, 0.717) is 12.8 Å². The molecule has 0 aromatic heterocycles. The monoisotopic (exact) mass is 231 g/mol. The molecule has 0 rings (SSSR count). The second-order valence-corrected chi connectivity index (χ2v) is 3.28. The fourth-order valence-corrected chi connectivity index (χ4v) is 1.01. The van der Waals surface area contributed by atoms with Gasteiger partial charge in [-0.15, -0.1) is 10.1 Å². The number of hydrogen-bond acceptors (Lipinski definition) is 5. The summed E-state index contributed by atoms with van der Waals surface area (Å²) in [5.41, 5.74) is 0. The van der Waals surface area contributed by atoms with Gasteiger partial charge in [-0.3, -0.25) is 4.79 Å². The van der Waals surface area contributed by atoms with Crippen molar-refractivity contribution in [3.63, 3.8) is 0 Å². The van der Waals surface area contributed by atoms with Crippen molar-refractivity contribution in [2.75, 3.05) is 6.61 Å². The highest BCUT2D eigenvalue weighted by atomic mass is 17.0. The molecule has 0 N–H and O–H groups in total. The molecule has 0 aliphatic carbocycles. The zero-order valence-electron chi connectivity index (χ0n) is 9.55. The van der Waals surface area contributed by atoms with Crippen LogP contribution in [0, 0.1) is 10.1 Å². The van der Waals surface area contributed by atoms with E-state index in [2.05, 4.69) is 4.84 Å². The fourth-order valence-electron chi connectivity index (χ4n) is 1.01. The van der Waals surface area contributed by atoms with Gasteiger partial charge in [0.25, 0.3) is 5.09 Å². The van der Waals surface area contributed by atoms with Gasteiger partial charge < -0.3 is 9.57 Å². The summed E-state index contributed by atoms with van der Waals surface area (Å²) in [7, 11) is 0. The third-order valence-corrected chi connectivity index (χ3v) is 1.73. The van der Waals surface area contributed by atoms with Crippen molar-refractivity contribution in [1.82, 2.24) is 0 Å². The van der Waals surface area contributed by atoms with E-state index in [0.717, 1.165) is 6.42 Å². The van der Waals surface area contributed by atoms with Crippen molar-refractivity contribution >= 4 is 5.97 Å². The predicted molar refractivity (Wildman–Crippen MR) is 57.2 cm³/mol. The zero-order chi connectivity index (χ0) is 12.4. The van der Waals surface area contributed by atoms with Gasteiger partial charge in [0.05, 0.1) is 0 Å². The maximum atomic E-state index is 11.2. The Hall–Kier alpha value is -1.59. The van der Waals surface area contributed by atoms with E-state index in [1.165, 1.54) is 0 Å². The van der Waals surface area contributed by atoms with Crippen LogP contribution < -0.4 is 0 Å². The first kappa shape index (κ1) is 14.4. The summed E-state index contributed by atoms with van der Waals surface area (Å²) in [5.74, 6) is -0.357. The summed E-state index contributed by atoms with van der Waals surface area (Å²) in [6.07, 6.45) is 5.13. The number of unbranched alkanes of at least 4 members (excludes halogenated alkanes) is 1. The first-order valence-electron chi connectivity index (χ1n) is 5.14. The van der Waals surface area contributed by atoms with E-state index < -0.39 is 11.2 Å². The van der Waals surface area contributed by atoms with Gasteiger partial charge in [0.2, 0.25) is 0 Å². The van der Waals surface area contributed by atoms with Crippen LogP contribution in [0.4, 0.5) is 0 Å². The minimum absolute atomic E-state index is 0.229. The van der Waals surface area contributed by atoms with Crippen LogP contribution in [0.1, 0.15) is 33.1 Å². The number of esters is 1. The Bertz CT molecular complexity index is 252. The lowest BCUT2D eigenvalue weighted by atomic mass is 10.2. The Kier molecular flexibility index (Phi) is 7.83. The van der Waals surface area contributed by atoms with Gasteiger partial charge in [-0.05, 0) is 26.7 Å². The third kappa shape index (κ3) is 8.98. The highest BCUT2D eigenvalue weighted by Gasteiger charge is 2.10. The van der Waals surface area contributed by atoms with Crippen molar-refractivity contribution in [2.45, 2.75) is 39.2 Å². The molecule has 1 unspecified atom stereocenters. The molecular formula is C10H17NO5. The van der Waals surface area contributed by atoms with Crippen molar-refractivity contribution in [1.29, 1.82) is 0 Å². The van der Waals surface area contributed by atoms with E-state index in [9.17, 15) is 14.9 Å². The SMILES string of the molecule is C/C=C\CCCC(=O)OC(C)CO[N+](=O)[O-]. The normalized spacial score (nSPS) is 12.4. The van der Waals surface area contributed by atoms with Crippen LogP contribution in [0.3, 0.4) is 0 Å². The summed E-state index contributed by atoms with van der Waals surface area (Å²) in [6, 6.07) is 0. The summed E-state index contributed by atoms with van der Waals surface area (Å²) >= 11 is 0. The number of nitrogens with zero attached hydrogens (tertiary/aromatic N) is 1. The highest BCUT2D eigenvalue weighted by molar-refractivity contribution is 5.69. The molecule has 0 aliphatic heterocycles. The van der Waals surface area contributed by atoms with Gasteiger partial charge >= 0.3 is 5.97 Å². The quantitative estimate of drug-likeness (QED) is 0.209. The first-order valence-corrected chi connectivity index (χ1v) is 5.14. The Balaban J connectivity index is 3.57. The number of allylic oxidation sites excluding steroid dienone is 2. The lowest BCUT2D eigenvalue weighted by Gasteiger charge is -2.11. The van der Waals surface area contributed by atoms with E-state index in [1.54, 1.807) is 6.92 Å². The molecular weight excluding hydrogens is 214 g/mol. The number of hydrogen-bond donors (Lipinski definition) is 0. The number of rotatable bonds is 8. The Morgan fingerprint density at radius 2 is 2.25 bits per heavy atom. The molecule has 0 saturated carbocycles. The molecule has 0 heterocycles. The van der Waals surface area contributed by atoms with Crippen LogP contribution in [0.2, 0.25) is 0 Å². The first-order chi connectivity index (χ1) is 7.56. The molecule has 0 aliphatic rings. The molecule has 6 nitrogen and oxygen atoms in total. The smallest absolute Gasteiger partial charge is 0.306 e. The van der Waals surface area contributed by atoms with E-state index in [4.69, 9.17) is 4.74 Å². The summed E-state index contributed by atoms with van der Waals surface area (Å²) in [5, 5.41) is 8.96. The van der Waals surface area contributed by atoms with Crippen LogP contribution in [0.5, 0.6) is 0 Å². The van der Waals surface area contributed by atoms with Crippen LogP contribution in [0.25, 0.3) is 0 Å². The lowest BCUT2D eigenvalue weighted by molar-refractivity contribution is -0.759. The highest BCUT2D eigenvalue weighted by Crippen LogP contribution is 2.02. The topological polar surface area (TPSA) is 78.7 Å². The van der Waals surface area contributed by atoms with Crippen molar-refractivity contribution in [2.24, 2.45) is 0 Å². The average molecular weight is 231 g/mol. The summed E-state index contributed by atoms with van der Waals surface area (Å²) in [6.45, 7) is 3.23. The van der Waals surface area contributed by atoms with E-state index in [1.807, 2.05) is 19.1 Å². The minimum Gasteiger partial charge on any atom is -0.461 e. The molecule has 92 valence electrons. The number of carbonyl (C=O) groups excluding carboxylic acids is 1. The molecule has 1 atom stereocenters. The summed E-state index contributed by atoms with van der Waals surface area (Å²) < 4.78 is 4.89. The molecule has 6 heteroatoms. The molecule has 0 aromatic rings. The van der Waals surface area contributed by atoms with Gasteiger partial charge in [-0.1, -0.05) is 12.2 Å². The zero-order valence-corrected chi connectivity index (χ0v) is 9.55. The van der Waals surface area contributed by atoms with Gasteiger partial charge in [-0.25, -0.2) is 0 Å². The third-order valence-electron chi connectivity index (χ3n) is 1.73. The molecule has 16 heavy (non-hydrogen) atoms. The predicted octanol–water partition coefficient (Wildman–Crippen LogP) is 1.87. The Labute approximate surface area is 94.3 Å². The second-order valence-electron chi connectivity index (χ2n) is 3.28. The molecule has 0 aromatic carbocycles. The Morgan fingerprint density at radius 3 is 2.81 bits per heavy atom. The van der Waals surface area contributed by atoms with Gasteiger partial charge in [0, 0.05) is 6.42 Å². The van der Waals surface area contributed by atoms with Crippen molar-refractivity contribution in [3.8, 4) is 0 Å². The number of carbonyl (C=O) groups is 1. The average Bonchev–Trinajstić information content (AvgIpc) is 2.21. The van der Waals surface area contributed by atoms with Crippen LogP contribution in [0.15, 0.2) is 12.2 Å². The van der Waals surface area contributed by atoms with Crippen molar-refractivity contribution < 1.29 is 19.5 Å². The molecule has 0 radical (unpaired) electrons. The minimum atomic E-state index is -0.906. The molecule has 0 bridgehead atoms. The Morgan fingerprint density at radius 1 is 1.56 bits per heavy atom. The van der Waals surface area contributed by atoms with Gasteiger partial charge in [0.1, 0.15) is 12.7 Å². The van der Waals surface area contributed by atoms with Crippen LogP contribution in [-0.4, -0.2) is 23.8 Å². The van der Waals surface area contributed by atoms with Gasteiger partial charge in [0.15, 0.2) is 0 Å². The molecule has 0 amide bonds. The van der Waals surface area contributed by atoms with E-state index >= 15 is 0 Å².